The Morgan fingerprint density at radius 3 is 2.42 bits per heavy atom. The number of rotatable bonds is 7. The molecule has 4 rings (SSSR count). The van der Waals surface area contributed by atoms with Crippen molar-refractivity contribution >= 4 is 63.8 Å². The van der Waals surface area contributed by atoms with E-state index in [0.717, 1.165) is 30.4 Å². The molecule has 0 aliphatic carbocycles. The van der Waals surface area contributed by atoms with Crippen LogP contribution in [0.1, 0.15) is 44.4 Å². The normalized spacial score (nSPS) is 13.7. The zero-order valence-corrected chi connectivity index (χ0v) is 24.0. The van der Waals surface area contributed by atoms with E-state index in [-0.39, 0.29) is 17.0 Å². The number of nitrogens with one attached hydrogen (secondary N) is 2. The van der Waals surface area contributed by atoms with Crippen molar-refractivity contribution in [2.24, 2.45) is 0 Å². The van der Waals surface area contributed by atoms with Crippen LogP contribution in [0.5, 0.6) is 5.75 Å². The quantitative estimate of drug-likeness (QED) is 0.218. The van der Waals surface area contributed by atoms with Gasteiger partial charge in [-0.25, -0.2) is 4.98 Å². The van der Waals surface area contributed by atoms with Gasteiger partial charge in [0, 0.05) is 53.8 Å². The molecule has 0 saturated carbocycles. The van der Waals surface area contributed by atoms with Crippen molar-refractivity contribution in [3.63, 3.8) is 0 Å². The number of benzene rings is 1. The number of nitrogens with zero attached hydrogens (tertiary/aromatic N) is 3. The lowest BCUT2D eigenvalue weighted by molar-refractivity contribution is -0.110. The van der Waals surface area contributed by atoms with Gasteiger partial charge < -0.3 is 20.7 Å². The van der Waals surface area contributed by atoms with Gasteiger partial charge in [-0.15, -0.1) is 0 Å². The fraction of sp³-hybridized carbons (Fsp3) is 0.333. The van der Waals surface area contributed by atoms with E-state index in [1.807, 2.05) is 17.8 Å². The van der Waals surface area contributed by atoms with Crippen LogP contribution in [0, 0.1) is 5.41 Å². The summed E-state index contributed by atoms with van der Waals surface area (Å²) in [6.07, 6.45) is 5.32. The molecule has 4 N–H and O–H groups in total. The first-order chi connectivity index (χ1) is 18.2. The number of nitrogen functional groups attached to an aromatic ring is 1. The fourth-order valence-electron chi connectivity index (χ4n) is 3.65. The SMILES string of the molecule is CC(Oc1ccc(N)c(C(=N)C(=O)Nc2ccc(N3CCSCC3)nc2)c1)c1c(Cl)cncc1Cl.CCC. The molecule has 1 atom stereocenters. The summed E-state index contributed by atoms with van der Waals surface area (Å²) >= 11 is 14.4. The number of halogens is 2. The highest BCUT2D eigenvalue weighted by Gasteiger charge is 2.20. The molecular weight excluding hydrogens is 543 g/mol. The largest absolute Gasteiger partial charge is 0.486 e. The summed E-state index contributed by atoms with van der Waals surface area (Å²) in [5.74, 6) is 2.82. The minimum atomic E-state index is -0.606. The molecule has 1 aliphatic rings. The van der Waals surface area contributed by atoms with E-state index in [0.29, 0.717) is 27.0 Å². The number of nitrogens with two attached hydrogens (primary N) is 1. The second-order valence-electron chi connectivity index (χ2n) is 8.57. The molecule has 11 heteroatoms. The molecule has 38 heavy (non-hydrogen) atoms. The van der Waals surface area contributed by atoms with Crippen molar-refractivity contribution in [3.05, 3.63) is 70.1 Å². The van der Waals surface area contributed by atoms with Gasteiger partial charge in [0.2, 0.25) is 0 Å². The lowest BCUT2D eigenvalue weighted by atomic mass is 10.1. The molecule has 0 spiro atoms. The molecule has 1 aromatic carbocycles. The number of hydrogen-bond acceptors (Lipinski definition) is 8. The molecule has 1 saturated heterocycles. The molecule has 0 bridgehead atoms. The van der Waals surface area contributed by atoms with Crippen molar-refractivity contribution in [3.8, 4) is 5.75 Å². The van der Waals surface area contributed by atoms with E-state index >= 15 is 0 Å². The average Bonchev–Trinajstić information content (AvgIpc) is 2.90. The van der Waals surface area contributed by atoms with Gasteiger partial charge >= 0.3 is 0 Å². The van der Waals surface area contributed by atoms with E-state index in [9.17, 15) is 4.79 Å². The summed E-state index contributed by atoms with van der Waals surface area (Å²) in [6.45, 7) is 7.94. The van der Waals surface area contributed by atoms with E-state index in [1.54, 1.807) is 37.4 Å². The summed E-state index contributed by atoms with van der Waals surface area (Å²) in [5, 5.41) is 11.9. The molecule has 3 heterocycles. The summed E-state index contributed by atoms with van der Waals surface area (Å²) in [5.41, 5.74) is 7.39. The van der Waals surface area contributed by atoms with Crippen LogP contribution in [-0.2, 0) is 4.79 Å². The van der Waals surface area contributed by atoms with Crippen molar-refractivity contribution < 1.29 is 9.53 Å². The number of amides is 1. The summed E-state index contributed by atoms with van der Waals surface area (Å²) in [7, 11) is 0. The van der Waals surface area contributed by atoms with E-state index in [4.69, 9.17) is 39.1 Å². The van der Waals surface area contributed by atoms with Gasteiger partial charge in [-0.2, -0.15) is 11.8 Å². The van der Waals surface area contributed by atoms with Gasteiger partial charge in [-0.3, -0.25) is 15.2 Å². The first-order valence-electron chi connectivity index (χ1n) is 12.3. The van der Waals surface area contributed by atoms with Crippen LogP contribution in [0.25, 0.3) is 0 Å². The zero-order valence-electron chi connectivity index (χ0n) is 21.6. The fourth-order valence-corrected chi connectivity index (χ4v) is 5.23. The number of pyridine rings is 2. The zero-order chi connectivity index (χ0) is 27.7. The van der Waals surface area contributed by atoms with Crippen molar-refractivity contribution in [1.29, 1.82) is 5.41 Å². The molecule has 202 valence electrons. The third-order valence-corrected chi connectivity index (χ3v) is 7.02. The van der Waals surface area contributed by atoms with Gasteiger partial charge in [0.1, 0.15) is 23.4 Å². The standard InChI is InChI=1S/C24H24Cl2N6O2S.C3H8/c1-14(22-18(25)12-29-13-19(22)26)34-16-3-4-20(27)17(10-16)23(28)24(33)31-15-2-5-21(30-11-15)32-6-8-35-9-7-32;1-3-2/h2-5,10-14,28H,6-9,27H2,1H3,(H,31,33);3H2,1-2H3. The Kier molecular flexibility index (Phi) is 11.1. The molecular formula is C27H32Cl2N6O2S. The topological polar surface area (TPSA) is 117 Å². The van der Waals surface area contributed by atoms with Crippen LogP contribution in [0.4, 0.5) is 17.2 Å². The third-order valence-electron chi connectivity index (χ3n) is 5.47. The van der Waals surface area contributed by atoms with Crippen LogP contribution in [0.15, 0.2) is 48.9 Å². The maximum Gasteiger partial charge on any atom is 0.274 e. The van der Waals surface area contributed by atoms with Crippen LogP contribution in [-0.4, -0.2) is 46.2 Å². The number of carbonyl (C=O) groups excluding carboxylic acids is 1. The van der Waals surface area contributed by atoms with Crippen molar-refractivity contribution in [1.82, 2.24) is 9.97 Å². The van der Waals surface area contributed by atoms with Crippen LogP contribution in [0.3, 0.4) is 0 Å². The summed E-state index contributed by atoms with van der Waals surface area (Å²) < 4.78 is 5.98. The highest BCUT2D eigenvalue weighted by atomic mass is 35.5. The van der Waals surface area contributed by atoms with E-state index in [1.165, 1.54) is 18.8 Å². The number of aromatic nitrogens is 2. The van der Waals surface area contributed by atoms with Gasteiger partial charge in [0.05, 0.1) is 21.9 Å². The summed E-state index contributed by atoms with van der Waals surface area (Å²) in [6, 6.07) is 8.44. The Bertz CT molecular complexity index is 1230. The molecule has 2 aromatic heterocycles. The first-order valence-corrected chi connectivity index (χ1v) is 14.2. The number of ether oxygens (including phenoxy) is 1. The lowest BCUT2D eigenvalue weighted by Gasteiger charge is -2.27. The Morgan fingerprint density at radius 1 is 1.16 bits per heavy atom. The Balaban J connectivity index is 0.00000127. The number of carbonyl (C=O) groups is 1. The smallest absolute Gasteiger partial charge is 0.274 e. The van der Waals surface area contributed by atoms with Gasteiger partial charge in [-0.05, 0) is 37.3 Å². The molecule has 1 aliphatic heterocycles. The van der Waals surface area contributed by atoms with E-state index < -0.39 is 12.0 Å². The van der Waals surface area contributed by atoms with Gasteiger partial charge in [0.15, 0.2) is 0 Å². The molecule has 0 radical (unpaired) electrons. The lowest BCUT2D eigenvalue weighted by Crippen LogP contribution is -2.33. The molecule has 8 nitrogen and oxygen atoms in total. The third kappa shape index (κ3) is 7.75. The second kappa shape index (κ2) is 14.2. The predicted molar refractivity (Wildman–Crippen MR) is 159 cm³/mol. The van der Waals surface area contributed by atoms with Gasteiger partial charge in [-0.1, -0.05) is 43.5 Å². The molecule has 3 aromatic rings. The van der Waals surface area contributed by atoms with Crippen LogP contribution in [0.2, 0.25) is 10.0 Å². The first kappa shape index (κ1) is 29.5. The maximum atomic E-state index is 12.8. The Morgan fingerprint density at radius 2 is 1.82 bits per heavy atom. The predicted octanol–water partition coefficient (Wildman–Crippen LogP) is 6.48. The summed E-state index contributed by atoms with van der Waals surface area (Å²) in [4.78, 5) is 23.4. The van der Waals surface area contributed by atoms with Gasteiger partial charge in [0.25, 0.3) is 5.91 Å². The average molecular weight is 576 g/mol. The number of anilines is 3. The Hall–Kier alpha value is -3.01. The van der Waals surface area contributed by atoms with Crippen molar-refractivity contribution in [2.75, 3.05) is 40.5 Å². The molecule has 1 unspecified atom stereocenters. The highest BCUT2D eigenvalue weighted by molar-refractivity contribution is 7.99. The molecule has 1 fully saturated rings. The second-order valence-corrected chi connectivity index (χ2v) is 10.6. The van der Waals surface area contributed by atoms with Crippen LogP contribution < -0.4 is 20.7 Å². The highest BCUT2D eigenvalue weighted by Crippen LogP contribution is 2.33. The van der Waals surface area contributed by atoms with Crippen molar-refractivity contribution in [2.45, 2.75) is 33.3 Å². The van der Waals surface area contributed by atoms with Crippen LogP contribution >= 0.6 is 35.0 Å². The monoisotopic (exact) mass is 574 g/mol. The number of hydrogen-bond donors (Lipinski definition) is 3. The minimum absolute atomic E-state index is 0.245. The molecule has 1 amide bonds. The number of thioether (sulfide) groups is 1. The maximum absolute atomic E-state index is 12.8. The minimum Gasteiger partial charge on any atom is -0.486 e. The van der Waals surface area contributed by atoms with E-state index in [2.05, 4.69) is 34.0 Å². The Labute approximate surface area is 237 Å².